The van der Waals surface area contributed by atoms with Crippen LogP contribution >= 0.6 is 24.8 Å². The van der Waals surface area contributed by atoms with Gasteiger partial charge in [-0.2, -0.15) is 5.10 Å². The smallest absolute Gasteiger partial charge is 0.229 e. The number of carbonyl (C=O) groups excluding carboxylic acids is 1. The van der Waals surface area contributed by atoms with Crippen molar-refractivity contribution in [1.29, 1.82) is 0 Å². The lowest BCUT2D eigenvalue weighted by molar-refractivity contribution is -0.119. The Morgan fingerprint density at radius 2 is 2.04 bits per heavy atom. The van der Waals surface area contributed by atoms with Gasteiger partial charge in [0.05, 0.1) is 12.2 Å². The van der Waals surface area contributed by atoms with Gasteiger partial charge in [-0.05, 0) is 26.4 Å². The molecule has 1 unspecified atom stereocenters. The number of rotatable bonds is 6. The largest absolute Gasteiger partial charge is 0.319 e. The molecule has 0 aliphatic carbocycles. The molecule has 23 heavy (non-hydrogen) atoms. The molecule has 0 bridgehead atoms. The number of aromatic nitrogens is 2. The Balaban J connectivity index is 0.00000242. The van der Waals surface area contributed by atoms with Crippen LogP contribution in [0.5, 0.6) is 0 Å². The molecule has 1 saturated heterocycles. The van der Waals surface area contributed by atoms with Crippen molar-refractivity contribution in [2.24, 2.45) is 5.92 Å². The highest BCUT2D eigenvalue weighted by Crippen LogP contribution is 2.25. The summed E-state index contributed by atoms with van der Waals surface area (Å²) in [5.74, 6) is 0.801. The summed E-state index contributed by atoms with van der Waals surface area (Å²) in [4.78, 5) is 14.6. The summed E-state index contributed by atoms with van der Waals surface area (Å²) < 4.78 is 1.98. The molecule has 0 radical (unpaired) electrons. The molecule has 6 nitrogen and oxygen atoms in total. The molecule has 0 saturated carbocycles. The average molecular weight is 366 g/mol. The topological polar surface area (TPSA) is 62.2 Å². The van der Waals surface area contributed by atoms with Crippen LogP contribution < -0.4 is 10.6 Å². The van der Waals surface area contributed by atoms with Gasteiger partial charge >= 0.3 is 0 Å². The van der Waals surface area contributed by atoms with Gasteiger partial charge in [0, 0.05) is 31.6 Å². The van der Waals surface area contributed by atoms with E-state index in [4.69, 9.17) is 0 Å². The summed E-state index contributed by atoms with van der Waals surface area (Å²) in [6.07, 6.45) is 3.94. The third-order valence-electron chi connectivity index (χ3n) is 4.23. The summed E-state index contributed by atoms with van der Waals surface area (Å²) in [6.45, 7) is 8.11. The van der Waals surface area contributed by atoms with Crippen molar-refractivity contribution in [2.75, 3.05) is 38.5 Å². The minimum atomic E-state index is -0.0553. The number of halogens is 2. The quantitative estimate of drug-likeness (QED) is 0.810. The van der Waals surface area contributed by atoms with Gasteiger partial charge in [0.2, 0.25) is 5.91 Å². The molecular formula is C15H29Cl2N5O. The zero-order valence-corrected chi connectivity index (χ0v) is 15.8. The monoisotopic (exact) mass is 365 g/mol. The number of amides is 1. The number of hydrogen-bond donors (Lipinski definition) is 2. The lowest BCUT2D eigenvalue weighted by Gasteiger charge is -2.31. The molecule has 8 heteroatoms. The predicted molar refractivity (Wildman–Crippen MR) is 98.8 cm³/mol. The van der Waals surface area contributed by atoms with Gasteiger partial charge in [0.15, 0.2) is 0 Å². The van der Waals surface area contributed by atoms with E-state index in [0.29, 0.717) is 12.6 Å². The van der Waals surface area contributed by atoms with E-state index in [-0.39, 0.29) is 36.6 Å². The van der Waals surface area contributed by atoms with Crippen LogP contribution in [0.25, 0.3) is 0 Å². The Morgan fingerprint density at radius 1 is 1.39 bits per heavy atom. The molecule has 2 heterocycles. The number of piperidine rings is 1. The Morgan fingerprint density at radius 3 is 2.61 bits per heavy atom. The summed E-state index contributed by atoms with van der Waals surface area (Å²) in [5.41, 5.74) is 0. The highest BCUT2D eigenvalue weighted by Gasteiger charge is 2.23. The highest BCUT2D eigenvalue weighted by atomic mass is 35.5. The second-order valence-corrected chi connectivity index (χ2v) is 5.77. The van der Waals surface area contributed by atoms with Gasteiger partial charge in [-0.15, -0.1) is 24.8 Å². The Kier molecular flexibility index (Phi) is 10.5. The molecule has 134 valence electrons. The number of likely N-dealkylation sites (tertiary alicyclic amines) is 1. The zero-order valence-electron chi connectivity index (χ0n) is 14.1. The maximum absolute atomic E-state index is 12.1. The van der Waals surface area contributed by atoms with E-state index in [2.05, 4.69) is 27.6 Å². The molecule has 1 atom stereocenters. The minimum Gasteiger partial charge on any atom is -0.319 e. The van der Waals surface area contributed by atoms with E-state index in [1.54, 1.807) is 6.20 Å². The molecular weight excluding hydrogens is 337 g/mol. The maximum atomic E-state index is 12.1. The number of nitrogens with one attached hydrogen (secondary N) is 2. The van der Waals surface area contributed by atoms with Crippen molar-refractivity contribution in [2.45, 2.75) is 32.7 Å². The summed E-state index contributed by atoms with van der Waals surface area (Å²) in [7, 11) is 1.86. The second-order valence-electron chi connectivity index (χ2n) is 5.77. The highest BCUT2D eigenvalue weighted by molar-refractivity contribution is 5.91. The van der Waals surface area contributed by atoms with Crippen LogP contribution in [0.2, 0.25) is 0 Å². The molecule has 2 rings (SSSR count). The van der Waals surface area contributed by atoms with Crippen LogP contribution in [0, 0.1) is 5.92 Å². The summed E-state index contributed by atoms with van der Waals surface area (Å²) in [5, 5.41) is 10.5. The van der Waals surface area contributed by atoms with E-state index in [9.17, 15) is 4.79 Å². The SMILES string of the molecule is CCN1CCC(n2nccc2NC(=O)C(C)CNC)CC1.Cl.Cl. The van der Waals surface area contributed by atoms with E-state index in [0.717, 1.165) is 38.3 Å². The lowest BCUT2D eigenvalue weighted by Crippen LogP contribution is -2.35. The van der Waals surface area contributed by atoms with E-state index >= 15 is 0 Å². The first-order valence-corrected chi connectivity index (χ1v) is 7.87. The van der Waals surface area contributed by atoms with Crippen LogP contribution in [-0.4, -0.2) is 53.8 Å². The van der Waals surface area contributed by atoms with Crippen LogP contribution in [0.15, 0.2) is 12.3 Å². The Labute approximate surface area is 151 Å². The fraction of sp³-hybridized carbons (Fsp3) is 0.733. The first-order valence-electron chi connectivity index (χ1n) is 7.87. The van der Waals surface area contributed by atoms with Crippen molar-refractivity contribution in [3.05, 3.63) is 12.3 Å². The number of anilines is 1. The van der Waals surface area contributed by atoms with Gasteiger partial charge in [0.1, 0.15) is 5.82 Å². The van der Waals surface area contributed by atoms with Gasteiger partial charge in [-0.1, -0.05) is 13.8 Å². The molecule has 1 aromatic heterocycles. The molecule has 1 fully saturated rings. The number of carbonyl (C=O) groups is 1. The van der Waals surface area contributed by atoms with Crippen molar-refractivity contribution in [1.82, 2.24) is 20.0 Å². The van der Waals surface area contributed by atoms with Crippen molar-refractivity contribution in [3.8, 4) is 0 Å². The van der Waals surface area contributed by atoms with E-state index < -0.39 is 0 Å². The lowest BCUT2D eigenvalue weighted by atomic mass is 10.1. The van der Waals surface area contributed by atoms with Gasteiger partial charge < -0.3 is 15.5 Å². The summed E-state index contributed by atoms with van der Waals surface area (Å²) in [6, 6.07) is 2.27. The van der Waals surface area contributed by atoms with Crippen molar-refractivity contribution >= 4 is 36.5 Å². The normalized spacial score (nSPS) is 17.0. The van der Waals surface area contributed by atoms with Gasteiger partial charge in [-0.25, -0.2) is 4.68 Å². The first kappa shape index (κ1) is 22.2. The van der Waals surface area contributed by atoms with Crippen LogP contribution in [0.4, 0.5) is 5.82 Å². The molecule has 1 aliphatic heterocycles. The van der Waals surface area contributed by atoms with Crippen LogP contribution in [0.1, 0.15) is 32.7 Å². The molecule has 2 N–H and O–H groups in total. The van der Waals surface area contributed by atoms with Crippen LogP contribution in [0.3, 0.4) is 0 Å². The van der Waals surface area contributed by atoms with Crippen molar-refractivity contribution in [3.63, 3.8) is 0 Å². The number of nitrogens with zero attached hydrogens (tertiary/aromatic N) is 3. The molecule has 0 spiro atoms. The van der Waals surface area contributed by atoms with E-state index in [1.165, 1.54) is 0 Å². The van der Waals surface area contributed by atoms with Gasteiger partial charge in [0.25, 0.3) is 0 Å². The maximum Gasteiger partial charge on any atom is 0.229 e. The second kappa shape index (κ2) is 10.9. The average Bonchev–Trinajstić information content (AvgIpc) is 2.95. The van der Waals surface area contributed by atoms with Crippen molar-refractivity contribution < 1.29 is 4.79 Å². The fourth-order valence-corrected chi connectivity index (χ4v) is 2.83. The Hall–Kier alpha value is -0.820. The first-order chi connectivity index (χ1) is 10.2. The van der Waals surface area contributed by atoms with Crippen LogP contribution in [-0.2, 0) is 4.79 Å². The zero-order chi connectivity index (χ0) is 15.2. The molecule has 1 aliphatic rings. The van der Waals surface area contributed by atoms with Gasteiger partial charge in [-0.3, -0.25) is 4.79 Å². The fourth-order valence-electron chi connectivity index (χ4n) is 2.83. The Bertz CT molecular complexity index is 460. The molecule has 0 aromatic carbocycles. The third kappa shape index (κ3) is 5.95. The van der Waals surface area contributed by atoms with E-state index in [1.807, 2.05) is 24.7 Å². The molecule has 1 amide bonds. The number of hydrogen-bond acceptors (Lipinski definition) is 4. The molecule has 1 aromatic rings. The predicted octanol–water partition coefficient (Wildman–Crippen LogP) is 2.18. The summed E-state index contributed by atoms with van der Waals surface area (Å²) >= 11 is 0. The third-order valence-corrected chi connectivity index (χ3v) is 4.23. The standard InChI is InChI=1S/C15H27N5O.2ClH/c1-4-19-9-6-13(7-10-19)20-14(5-8-17-20)18-15(21)12(2)11-16-3;;/h5,8,12-13,16H,4,6-7,9-11H2,1-3H3,(H,18,21);2*1H. The minimum absolute atomic E-state index is 0.